The molecule has 7 nitrogen and oxygen atoms in total. The maximum atomic E-state index is 12.7. The SMILES string of the molecule is COc1nc(CNC(=O)c2cncc(OC(C)C)c2)cc2cc(CNCC3CCC3)ccc12. The predicted octanol–water partition coefficient (Wildman–Crippen LogP) is 4.25. The number of methoxy groups -OCH3 is 1. The highest BCUT2D eigenvalue weighted by Crippen LogP contribution is 2.27. The van der Waals surface area contributed by atoms with Crippen LogP contribution in [-0.4, -0.2) is 35.6 Å². The van der Waals surface area contributed by atoms with Crippen molar-refractivity contribution in [1.29, 1.82) is 0 Å². The number of carbonyl (C=O) groups excluding carboxylic acids is 1. The second-order valence-electron chi connectivity index (χ2n) is 8.86. The van der Waals surface area contributed by atoms with E-state index in [0.717, 1.165) is 35.5 Å². The number of carbonyl (C=O) groups is 1. The number of pyridine rings is 2. The van der Waals surface area contributed by atoms with E-state index in [1.807, 2.05) is 19.9 Å². The number of ether oxygens (including phenoxy) is 2. The van der Waals surface area contributed by atoms with Gasteiger partial charge in [0.2, 0.25) is 5.88 Å². The molecule has 1 aromatic carbocycles. The maximum Gasteiger partial charge on any atom is 0.253 e. The van der Waals surface area contributed by atoms with Crippen LogP contribution in [0.1, 0.15) is 54.7 Å². The fourth-order valence-electron chi connectivity index (χ4n) is 3.95. The third kappa shape index (κ3) is 5.99. The van der Waals surface area contributed by atoms with Crippen LogP contribution in [-0.2, 0) is 13.1 Å². The number of fused-ring (bicyclic) bond motifs is 1. The van der Waals surface area contributed by atoms with Crippen LogP contribution in [0, 0.1) is 5.92 Å². The molecule has 1 fully saturated rings. The van der Waals surface area contributed by atoms with E-state index in [-0.39, 0.29) is 18.6 Å². The van der Waals surface area contributed by atoms with Crippen molar-refractivity contribution < 1.29 is 14.3 Å². The van der Waals surface area contributed by atoms with Crippen LogP contribution in [0.15, 0.2) is 42.7 Å². The third-order valence-electron chi connectivity index (χ3n) is 5.87. The lowest BCUT2D eigenvalue weighted by atomic mass is 9.85. The molecule has 0 spiro atoms. The lowest BCUT2D eigenvalue weighted by Crippen LogP contribution is -2.26. The molecule has 7 heteroatoms. The first-order chi connectivity index (χ1) is 16.0. The third-order valence-corrected chi connectivity index (χ3v) is 5.87. The fourth-order valence-corrected chi connectivity index (χ4v) is 3.95. The zero-order valence-electron chi connectivity index (χ0n) is 19.6. The van der Waals surface area contributed by atoms with E-state index in [1.165, 1.54) is 31.0 Å². The molecule has 1 amide bonds. The fraction of sp³-hybridized carbons (Fsp3) is 0.423. The summed E-state index contributed by atoms with van der Waals surface area (Å²) in [4.78, 5) is 21.3. The van der Waals surface area contributed by atoms with Crippen molar-refractivity contribution in [3.8, 4) is 11.6 Å². The van der Waals surface area contributed by atoms with E-state index >= 15 is 0 Å². The zero-order valence-corrected chi connectivity index (χ0v) is 19.6. The Hall–Kier alpha value is -3.19. The summed E-state index contributed by atoms with van der Waals surface area (Å²) >= 11 is 0. The summed E-state index contributed by atoms with van der Waals surface area (Å²) in [6, 6.07) is 10.0. The van der Waals surface area contributed by atoms with E-state index < -0.39 is 0 Å². The summed E-state index contributed by atoms with van der Waals surface area (Å²) in [5.74, 6) is 1.73. The normalized spacial score (nSPS) is 13.7. The van der Waals surface area contributed by atoms with E-state index in [9.17, 15) is 4.79 Å². The average molecular weight is 449 g/mol. The lowest BCUT2D eigenvalue weighted by Gasteiger charge is -2.25. The highest BCUT2D eigenvalue weighted by atomic mass is 16.5. The van der Waals surface area contributed by atoms with E-state index in [4.69, 9.17) is 9.47 Å². The molecule has 3 aromatic rings. The van der Waals surface area contributed by atoms with Crippen LogP contribution in [0.2, 0.25) is 0 Å². The minimum atomic E-state index is -0.230. The molecule has 1 aliphatic carbocycles. The quantitative estimate of drug-likeness (QED) is 0.482. The minimum Gasteiger partial charge on any atom is -0.489 e. The summed E-state index contributed by atoms with van der Waals surface area (Å²) in [6.45, 7) is 6.06. The average Bonchev–Trinajstić information content (AvgIpc) is 2.78. The van der Waals surface area contributed by atoms with Gasteiger partial charge in [0.05, 0.1) is 37.2 Å². The smallest absolute Gasteiger partial charge is 0.253 e. The minimum absolute atomic E-state index is 0.0117. The van der Waals surface area contributed by atoms with Gasteiger partial charge < -0.3 is 20.1 Å². The first kappa shape index (κ1) is 23.0. The lowest BCUT2D eigenvalue weighted by molar-refractivity contribution is 0.0949. The number of amides is 1. The van der Waals surface area contributed by atoms with Crippen molar-refractivity contribution in [2.24, 2.45) is 5.92 Å². The molecule has 0 unspecified atom stereocenters. The van der Waals surface area contributed by atoms with Crippen molar-refractivity contribution in [1.82, 2.24) is 20.6 Å². The molecule has 174 valence electrons. The maximum absolute atomic E-state index is 12.7. The summed E-state index contributed by atoms with van der Waals surface area (Å²) in [6.07, 6.45) is 7.19. The molecule has 4 rings (SSSR count). The summed E-state index contributed by atoms with van der Waals surface area (Å²) < 4.78 is 11.2. The number of benzene rings is 1. The van der Waals surface area contributed by atoms with Gasteiger partial charge >= 0.3 is 0 Å². The van der Waals surface area contributed by atoms with E-state index in [1.54, 1.807) is 19.4 Å². The zero-order chi connectivity index (χ0) is 23.2. The van der Waals surface area contributed by atoms with Crippen molar-refractivity contribution in [2.75, 3.05) is 13.7 Å². The van der Waals surface area contributed by atoms with Gasteiger partial charge in [0.1, 0.15) is 5.75 Å². The van der Waals surface area contributed by atoms with Crippen molar-refractivity contribution in [2.45, 2.75) is 52.3 Å². The number of aromatic nitrogens is 2. The van der Waals surface area contributed by atoms with Crippen LogP contribution in [0.25, 0.3) is 10.8 Å². The summed E-state index contributed by atoms with van der Waals surface area (Å²) in [7, 11) is 1.62. The Balaban J connectivity index is 1.44. The van der Waals surface area contributed by atoms with Crippen LogP contribution in [0.4, 0.5) is 0 Å². The molecule has 0 aliphatic heterocycles. The number of rotatable bonds is 10. The highest BCUT2D eigenvalue weighted by Gasteiger charge is 2.16. The molecule has 2 N–H and O–H groups in total. The van der Waals surface area contributed by atoms with Gasteiger partial charge in [-0.25, -0.2) is 4.98 Å². The predicted molar refractivity (Wildman–Crippen MR) is 129 cm³/mol. The monoisotopic (exact) mass is 448 g/mol. The summed E-state index contributed by atoms with van der Waals surface area (Å²) in [5.41, 5.74) is 2.40. The van der Waals surface area contributed by atoms with Gasteiger partial charge in [-0.3, -0.25) is 9.78 Å². The number of nitrogens with one attached hydrogen (secondary N) is 2. The Morgan fingerprint density at radius 2 is 2.00 bits per heavy atom. The largest absolute Gasteiger partial charge is 0.489 e. The molecule has 1 aliphatic rings. The van der Waals surface area contributed by atoms with Crippen molar-refractivity contribution in [3.63, 3.8) is 0 Å². The molecule has 0 saturated heterocycles. The topological polar surface area (TPSA) is 85.4 Å². The van der Waals surface area contributed by atoms with Crippen molar-refractivity contribution >= 4 is 16.7 Å². The number of nitrogens with zero attached hydrogens (tertiary/aromatic N) is 2. The Kier molecular flexibility index (Phi) is 7.40. The standard InChI is InChI=1S/C26H32N4O3/c1-17(2)33-23-11-21(14-28-16-23)25(31)29-15-22-10-20-9-19(13-27-12-18-5-4-6-18)7-8-24(20)26(30-22)32-3/h7-11,14,16-18,27H,4-6,12-13,15H2,1-3H3,(H,29,31). The first-order valence-electron chi connectivity index (χ1n) is 11.6. The van der Waals surface area contributed by atoms with Gasteiger partial charge in [-0.2, -0.15) is 0 Å². The molecule has 2 heterocycles. The number of hydrogen-bond acceptors (Lipinski definition) is 6. The molecule has 0 radical (unpaired) electrons. The van der Waals surface area contributed by atoms with Gasteiger partial charge in [-0.1, -0.05) is 12.5 Å². The van der Waals surface area contributed by atoms with E-state index in [2.05, 4.69) is 38.8 Å². The Morgan fingerprint density at radius 3 is 2.73 bits per heavy atom. The Labute approximate surface area is 194 Å². The molecule has 1 saturated carbocycles. The van der Waals surface area contributed by atoms with Crippen LogP contribution in [0.5, 0.6) is 11.6 Å². The van der Waals surface area contributed by atoms with Crippen LogP contribution >= 0.6 is 0 Å². The molecule has 0 atom stereocenters. The van der Waals surface area contributed by atoms with Gasteiger partial charge in [0.25, 0.3) is 5.91 Å². The van der Waals surface area contributed by atoms with E-state index in [0.29, 0.717) is 17.2 Å². The van der Waals surface area contributed by atoms with Crippen LogP contribution < -0.4 is 20.1 Å². The van der Waals surface area contributed by atoms with Crippen LogP contribution in [0.3, 0.4) is 0 Å². The molecular weight excluding hydrogens is 416 g/mol. The second kappa shape index (κ2) is 10.6. The first-order valence-corrected chi connectivity index (χ1v) is 11.6. The molecule has 2 aromatic heterocycles. The Bertz CT molecular complexity index is 1110. The van der Waals surface area contributed by atoms with Gasteiger partial charge in [-0.05, 0) is 74.4 Å². The second-order valence-corrected chi connectivity index (χ2v) is 8.86. The van der Waals surface area contributed by atoms with Crippen molar-refractivity contribution in [3.05, 3.63) is 59.5 Å². The molecular formula is C26H32N4O3. The highest BCUT2D eigenvalue weighted by molar-refractivity contribution is 5.94. The van der Waals surface area contributed by atoms with Gasteiger partial charge in [0, 0.05) is 18.1 Å². The number of hydrogen-bond donors (Lipinski definition) is 2. The van der Waals surface area contributed by atoms with Gasteiger partial charge in [-0.15, -0.1) is 0 Å². The molecule has 0 bridgehead atoms. The Morgan fingerprint density at radius 1 is 1.15 bits per heavy atom. The molecule has 33 heavy (non-hydrogen) atoms. The summed E-state index contributed by atoms with van der Waals surface area (Å²) in [5, 5.41) is 8.49. The van der Waals surface area contributed by atoms with Gasteiger partial charge in [0.15, 0.2) is 0 Å².